The average Bonchev–Trinajstić information content (AvgIpc) is 3.05. The first-order chi connectivity index (χ1) is 14.9. The number of carbonyl (C=O) groups is 1. The minimum atomic E-state index is -0.118. The molecule has 1 saturated heterocycles. The van der Waals surface area contributed by atoms with Gasteiger partial charge in [0.2, 0.25) is 0 Å². The van der Waals surface area contributed by atoms with E-state index < -0.39 is 0 Å². The molecule has 2 unspecified atom stereocenters. The summed E-state index contributed by atoms with van der Waals surface area (Å²) in [6.45, 7) is 18.4. The Morgan fingerprint density at radius 1 is 0.781 bits per heavy atom. The van der Waals surface area contributed by atoms with E-state index in [1.807, 2.05) is 0 Å². The van der Waals surface area contributed by atoms with Crippen molar-refractivity contribution in [2.24, 2.45) is 62.6 Å². The number of rotatable bonds is 0. The Morgan fingerprint density at radius 2 is 1.44 bits per heavy atom. The molecule has 6 aliphatic rings. The lowest BCUT2D eigenvalue weighted by molar-refractivity contribution is -0.223. The van der Waals surface area contributed by atoms with Crippen molar-refractivity contribution in [2.75, 3.05) is 6.61 Å². The molecule has 0 aromatic carbocycles. The topological polar surface area (TPSA) is 26.3 Å². The van der Waals surface area contributed by atoms with Gasteiger partial charge in [0.05, 0.1) is 12.7 Å². The average molecular weight is 441 g/mol. The van der Waals surface area contributed by atoms with Crippen LogP contribution < -0.4 is 0 Å². The minimum Gasteiger partial charge on any atom is -0.377 e. The van der Waals surface area contributed by atoms with E-state index >= 15 is 0 Å². The second-order valence-corrected chi connectivity index (χ2v) is 15.3. The fourth-order valence-electron chi connectivity index (χ4n) is 11.4. The highest BCUT2D eigenvalue weighted by Crippen LogP contribution is 2.76. The quantitative estimate of drug-likeness (QED) is 0.395. The molecule has 2 bridgehead atoms. The molecule has 2 heteroatoms. The number of hydrogen-bond acceptors (Lipinski definition) is 2. The van der Waals surface area contributed by atoms with Crippen LogP contribution in [-0.2, 0) is 9.53 Å². The molecule has 0 N–H and O–H groups in total. The molecule has 6 rings (SSSR count). The molecule has 2 nitrogen and oxygen atoms in total. The minimum absolute atomic E-state index is 0.118. The fourth-order valence-corrected chi connectivity index (χ4v) is 11.4. The zero-order chi connectivity index (χ0) is 22.9. The molecule has 6 fully saturated rings. The molecule has 0 aromatic heterocycles. The van der Waals surface area contributed by atoms with E-state index in [0.717, 1.165) is 36.7 Å². The molecule has 0 spiro atoms. The first-order valence-electron chi connectivity index (χ1n) is 14.0. The maximum Gasteiger partial charge on any atom is 0.139 e. The van der Waals surface area contributed by atoms with Gasteiger partial charge < -0.3 is 4.74 Å². The number of ether oxygens (including phenoxy) is 1. The van der Waals surface area contributed by atoms with Crippen molar-refractivity contribution in [3.05, 3.63) is 0 Å². The van der Waals surface area contributed by atoms with E-state index in [1.54, 1.807) is 0 Å². The van der Waals surface area contributed by atoms with Gasteiger partial charge in [0, 0.05) is 11.8 Å². The molecular formula is C30H48O2. The predicted octanol–water partition coefficient (Wildman–Crippen LogP) is 7.30. The monoisotopic (exact) mass is 440 g/mol. The van der Waals surface area contributed by atoms with Gasteiger partial charge in [0.1, 0.15) is 5.78 Å². The van der Waals surface area contributed by atoms with Crippen molar-refractivity contribution in [2.45, 2.75) is 112 Å². The Balaban J connectivity index is 1.39. The summed E-state index contributed by atoms with van der Waals surface area (Å²) in [5.74, 6) is 4.85. The summed E-state index contributed by atoms with van der Waals surface area (Å²) in [5, 5.41) is 0. The number of ketones is 1. The molecule has 0 aromatic rings. The second kappa shape index (κ2) is 6.44. The number of Topliss-reactive ketones (excluding diaryl/α,β-unsaturated/α-hetero) is 1. The summed E-state index contributed by atoms with van der Waals surface area (Å²) in [6.07, 6.45) is 12.2. The molecular weight excluding hydrogens is 392 g/mol. The van der Waals surface area contributed by atoms with E-state index in [9.17, 15) is 4.79 Å². The maximum absolute atomic E-state index is 13.0. The molecule has 1 heterocycles. The van der Waals surface area contributed by atoms with Crippen molar-refractivity contribution in [3.63, 3.8) is 0 Å². The second-order valence-electron chi connectivity index (χ2n) is 15.3. The van der Waals surface area contributed by atoms with Crippen LogP contribution in [0.4, 0.5) is 0 Å². The molecule has 1 aliphatic heterocycles. The van der Waals surface area contributed by atoms with Crippen LogP contribution in [-0.4, -0.2) is 18.5 Å². The van der Waals surface area contributed by atoms with Crippen molar-refractivity contribution in [1.29, 1.82) is 0 Å². The largest absolute Gasteiger partial charge is 0.377 e. The van der Waals surface area contributed by atoms with Gasteiger partial charge in [0.15, 0.2) is 0 Å². The third-order valence-corrected chi connectivity index (χ3v) is 13.6. The first-order valence-corrected chi connectivity index (χ1v) is 14.0. The van der Waals surface area contributed by atoms with Gasteiger partial charge in [-0.1, -0.05) is 48.5 Å². The smallest absolute Gasteiger partial charge is 0.139 e. The molecule has 0 amide bonds. The highest BCUT2D eigenvalue weighted by atomic mass is 16.5. The van der Waals surface area contributed by atoms with Crippen LogP contribution in [0.25, 0.3) is 0 Å². The van der Waals surface area contributed by atoms with Crippen LogP contribution in [0.2, 0.25) is 0 Å². The summed E-state index contributed by atoms with van der Waals surface area (Å²) >= 11 is 0. The van der Waals surface area contributed by atoms with E-state index in [-0.39, 0.29) is 5.41 Å². The van der Waals surface area contributed by atoms with Gasteiger partial charge in [-0.05, 0) is 109 Å². The standard InChI is InChI=1S/C30H48O2/c1-18-16-22(31)27(4,5)19-10-11-28(6)20(23(18)19)8-9-21-24-25-26(2,3)12-14-30(24,17-32-25)15-13-29(21,28)7/h18-21,23-25H,8-17H2,1-7H3/t18-,19-,20-,21-,23?,24+,25+,28-,29-,30?/m1/s1. The third kappa shape index (κ3) is 2.45. The summed E-state index contributed by atoms with van der Waals surface area (Å²) < 4.78 is 6.70. The predicted molar refractivity (Wildman–Crippen MR) is 129 cm³/mol. The van der Waals surface area contributed by atoms with Gasteiger partial charge in [-0.3, -0.25) is 4.79 Å². The van der Waals surface area contributed by atoms with Gasteiger partial charge in [-0.15, -0.1) is 0 Å². The molecule has 5 aliphatic carbocycles. The zero-order valence-electron chi connectivity index (χ0n) is 21.9. The van der Waals surface area contributed by atoms with E-state index in [1.165, 1.54) is 51.4 Å². The van der Waals surface area contributed by atoms with Crippen LogP contribution >= 0.6 is 0 Å². The van der Waals surface area contributed by atoms with E-state index in [0.29, 0.717) is 45.4 Å². The molecule has 0 radical (unpaired) electrons. The highest BCUT2D eigenvalue weighted by molar-refractivity contribution is 5.85. The van der Waals surface area contributed by atoms with Gasteiger partial charge in [-0.25, -0.2) is 0 Å². The summed E-state index contributed by atoms with van der Waals surface area (Å²) in [4.78, 5) is 13.0. The molecule has 10 atom stereocenters. The lowest BCUT2D eigenvalue weighted by Gasteiger charge is -2.71. The Bertz CT molecular complexity index is 827. The zero-order valence-corrected chi connectivity index (χ0v) is 21.9. The molecule has 32 heavy (non-hydrogen) atoms. The Hall–Kier alpha value is -0.370. The summed E-state index contributed by atoms with van der Waals surface area (Å²) in [7, 11) is 0. The van der Waals surface area contributed by atoms with Gasteiger partial charge in [-0.2, -0.15) is 0 Å². The van der Waals surface area contributed by atoms with Crippen molar-refractivity contribution < 1.29 is 9.53 Å². The highest BCUT2D eigenvalue weighted by Gasteiger charge is 2.71. The van der Waals surface area contributed by atoms with Crippen molar-refractivity contribution in [3.8, 4) is 0 Å². The third-order valence-electron chi connectivity index (χ3n) is 13.6. The van der Waals surface area contributed by atoms with Crippen LogP contribution in [0, 0.1) is 62.6 Å². The number of carbonyl (C=O) groups excluding carboxylic acids is 1. The van der Waals surface area contributed by atoms with E-state index in [4.69, 9.17) is 4.74 Å². The maximum atomic E-state index is 13.0. The fraction of sp³-hybridized carbons (Fsp3) is 0.967. The van der Waals surface area contributed by atoms with Crippen molar-refractivity contribution in [1.82, 2.24) is 0 Å². The van der Waals surface area contributed by atoms with Crippen molar-refractivity contribution >= 4 is 5.78 Å². The number of fused-ring (bicyclic) bond motifs is 5. The lowest BCUT2D eigenvalue weighted by atomic mass is 9.33. The van der Waals surface area contributed by atoms with Crippen LogP contribution in [0.15, 0.2) is 0 Å². The first kappa shape index (κ1) is 22.1. The Morgan fingerprint density at radius 3 is 2.19 bits per heavy atom. The van der Waals surface area contributed by atoms with Crippen LogP contribution in [0.3, 0.4) is 0 Å². The SMILES string of the molecule is C[C@@H]1CC(=O)C(C)(C)[C@@H]2CC[C@]3(C)[C@H](CC[C@@H]4[C@H]5[C@@H]6OCC5(CCC6(C)C)CC[C@]43C)C12. The molecule has 5 saturated carbocycles. The lowest BCUT2D eigenvalue weighted by Crippen LogP contribution is -2.66. The Labute approximate surface area is 197 Å². The van der Waals surface area contributed by atoms with Gasteiger partial charge >= 0.3 is 0 Å². The van der Waals surface area contributed by atoms with Crippen LogP contribution in [0.1, 0.15) is 106 Å². The summed E-state index contributed by atoms with van der Waals surface area (Å²) in [5.41, 5.74) is 1.55. The normalized spacial score (nSPS) is 57.7. The molecule has 180 valence electrons. The van der Waals surface area contributed by atoms with Gasteiger partial charge in [0.25, 0.3) is 0 Å². The van der Waals surface area contributed by atoms with Crippen LogP contribution in [0.5, 0.6) is 0 Å². The van der Waals surface area contributed by atoms with E-state index in [2.05, 4.69) is 48.5 Å². The summed E-state index contributed by atoms with van der Waals surface area (Å²) in [6, 6.07) is 0. The number of hydrogen-bond donors (Lipinski definition) is 0. The Kier molecular flexibility index (Phi) is 4.45.